The van der Waals surface area contributed by atoms with Crippen LogP contribution >= 0.6 is 0 Å². The normalized spacial score (nSPS) is 9.67. The zero-order chi connectivity index (χ0) is 10.1. The summed E-state index contributed by atoms with van der Waals surface area (Å²) in [6, 6.07) is 10.3. The van der Waals surface area contributed by atoms with Gasteiger partial charge in [-0.1, -0.05) is 56.5 Å². The summed E-state index contributed by atoms with van der Waals surface area (Å²) in [4.78, 5) is 0. The molecule has 3 N–H and O–H groups in total. The highest BCUT2D eigenvalue weighted by Crippen LogP contribution is 2.03. The molecule has 1 rings (SSSR count). The molecule has 0 fully saturated rings. The Bertz CT molecular complexity index is 223. The molecule has 15 heavy (non-hydrogen) atoms. The van der Waals surface area contributed by atoms with Crippen molar-refractivity contribution in [2.75, 3.05) is 6.61 Å². The van der Waals surface area contributed by atoms with Crippen LogP contribution in [0, 0.1) is 0 Å². The lowest BCUT2D eigenvalue weighted by Crippen LogP contribution is -1.95. The Balaban J connectivity index is 0.00000196. The molecule has 0 spiro atoms. The topological polar surface area (TPSA) is 44.2 Å². The van der Waals surface area contributed by atoms with E-state index in [1.165, 1.54) is 31.2 Å². The minimum Gasteiger partial charge on any atom is -0.377 e. The van der Waals surface area contributed by atoms with Crippen molar-refractivity contribution in [3.8, 4) is 0 Å². The SMILES string of the molecule is CCCCCCOCc1ccccc1.N. The average molecular weight is 209 g/mol. The van der Waals surface area contributed by atoms with Crippen molar-refractivity contribution in [3.63, 3.8) is 0 Å². The fraction of sp³-hybridized carbons (Fsp3) is 0.538. The molecule has 0 aromatic heterocycles. The molecule has 0 atom stereocenters. The van der Waals surface area contributed by atoms with Gasteiger partial charge in [-0.15, -0.1) is 0 Å². The summed E-state index contributed by atoms with van der Waals surface area (Å²) in [5, 5.41) is 0. The number of rotatable bonds is 7. The molecule has 0 unspecified atom stereocenters. The van der Waals surface area contributed by atoms with E-state index < -0.39 is 0 Å². The Hall–Kier alpha value is -0.860. The van der Waals surface area contributed by atoms with E-state index in [0.29, 0.717) is 0 Å². The maximum Gasteiger partial charge on any atom is 0.0716 e. The van der Waals surface area contributed by atoms with Gasteiger partial charge in [-0.2, -0.15) is 0 Å². The Kier molecular flexibility index (Phi) is 9.13. The van der Waals surface area contributed by atoms with Crippen molar-refractivity contribution in [1.29, 1.82) is 0 Å². The predicted molar refractivity (Wildman–Crippen MR) is 65.3 cm³/mol. The average Bonchev–Trinajstić information content (AvgIpc) is 2.25. The molecule has 0 aliphatic rings. The quantitative estimate of drug-likeness (QED) is 0.691. The monoisotopic (exact) mass is 209 g/mol. The van der Waals surface area contributed by atoms with Crippen molar-refractivity contribution in [2.45, 2.75) is 39.2 Å². The first-order valence-electron chi connectivity index (χ1n) is 5.55. The zero-order valence-electron chi connectivity index (χ0n) is 9.74. The van der Waals surface area contributed by atoms with Gasteiger partial charge in [0.1, 0.15) is 0 Å². The largest absolute Gasteiger partial charge is 0.377 e. The van der Waals surface area contributed by atoms with Crippen LogP contribution in [-0.2, 0) is 11.3 Å². The Morgan fingerprint density at radius 3 is 2.40 bits per heavy atom. The number of hydrogen-bond acceptors (Lipinski definition) is 2. The second-order valence-electron chi connectivity index (χ2n) is 3.60. The molecule has 0 saturated heterocycles. The molecule has 1 aromatic carbocycles. The van der Waals surface area contributed by atoms with Gasteiger partial charge in [0.2, 0.25) is 0 Å². The van der Waals surface area contributed by atoms with E-state index in [9.17, 15) is 0 Å². The number of ether oxygens (including phenoxy) is 1. The van der Waals surface area contributed by atoms with Crippen LogP contribution in [0.25, 0.3) is 0 Å². The lowest BCUT2D eigenvalue weighted by Gasteiger charge is -2.03. The highest BCUT2D eigenvalue weighted by Gasteiger charge is 1.91. The van der Waals surface area contributed by atoms with Crippen LogP contribution in [0.2, 0.25) is 0 Å². The van der Waals surface area contributed by atoms with Gasteiger partial charge in [-0.25, -0.2) is 0 Å². The van der Waals surface area contributed by atoms with E-state index >= 15 is 0 Å². The number of unbranched alkanes of at least 4 members (excludes halogenated alkanes) is 3. The van der Waals surface area contributed by atoms with E-state index in [0.717, 1.165) is 13.2 Å². The molecule has 1 aromatic rings. The fourth-order valence-electron chi connectivity index (χ4n) is 1.40. The van der Waals surface area contributed by atoms with Gasteiger partial charge in [0, 0.05) is 6.61 Å². The molecule has 0 bridgehead atoms. The molecule has 0 aliphatic carbocycles. The third-order valence-corrected chi connectivity index (χ3v) is 2.25. The standard InChI is InChI=1S/C13H20O.H3N/c1-2-3-4-8-11-14-12-13-9-6-5-7-10-13;/h5-7,9-10H,2-4,8,11-12H2,1H3;1H3. The highest BCUT2D eigenvalue weighted by molar-refractivity contribution is 5.13. The second kappa shape index (κ2) is 9.69. The van der Waals surface area contributed by atoms with Crippen LogP contribution < -0.4 is 6.15 Å². The van der Waals surface area contributed by atoms with Crippen LogP contribution in [0.5, 0.6) is 0 Å². The number of hydrogen-bond donors (Lipinski definition) is 1. The first-order valence-corrected chi connectivity index (χ1v) is 5.55. The van der Waals surface area contributed by atoms with Crippen LogP contribution in [0.4, 0.5) is 0 Å². The fourth-order valence-corrected chi connectivity index (χ4v) is 1.40. The van der Waals surface area contributed by atoms with Crippen molar-refractivity contribution in [3.05, 3.63) is 35.9 Å². The zero-order valence-corrected chi connectivity index (χ0v) is 9.74. The molecule has 2 heteroatoms. The summed E-state index contributed by atoms with van der Waals surface area (Å²) in [6.07, 6.45) is 5.11. The highest BCUT2D eigenvalue weighted by atomic mass is 16.5. The smallest absolute Gasteiger partial charge is 0.0716 e. The van der Waals surface area contributed by atoms with Gasteiger partial charge < -0.3 is 10.9 Å². The Labute approximate surface area is 93.2 Å². The summed E-state index contributed by atoms with van der Waals surface area (Å²) in [7, 11) is 0. The second-order valence-corrected chi connectivity index (χ2v) is 3.60. The van der Waals surface area contributed by atoms with E-state index in [1.54, 1.807) is 0 Å². The van der Waals surface area contributed by atoms with Crippen molar-refractivity contribution >= 4 is 0 Å². The lowest BCUT2D eigenvalue weighted by atomic mass is 10.2. The van der Waals surface area contributed by atoms with Crippen LogP contribution in [0.15, 0.2) is 30.3 Å². The molecule has 2 nitrogen and oxygen atoms in total. The molecular formula is C13H23NO. The predicted octanol–water partition coefficient (Wildman–Crippen LogP) is 3.95. The first kappa shape index (κ1) is 14.1. The van der Waals surface area contributed by atoms with Crippen LogP contribution in [-0.4, -0.2) is 6.61 Å². The van der Waals surface area contributed by atoms with Gasteiger partial charge >= 0.3 is 0 Å². The summed E-state index contributed by atoms with van der Waals surface area (Å²) < 4.78 is 5.57. The molecule has 0 radical (unpaired) electrons. The maximum absolute atomic E-state index is 5.57. The Morgan fingerprint density at radius 1 is 1.00 bits per heavy atom. The van der Waals surface area contributed by atoms with Crippen molar-refractivity contribution in [1.82, 2.24) is 6.15 Å². The van der Waals surface area contributed by atoms with Crippen molar-refractivity contribution < 1.29 is 4.74 Å². The van der Waals surface area contributed by atoms with Crippen LogP contribution in [0.1, 0.15) is 38.2 Å². The van der Waals surface area contributed by atoms with E-state index in [4.69, 9.17) is 4.74 Å². The van der Waals surface area contributed by atoms with Gasteiger partial charge in [-0.3, -0.25) is 0 Å². The number of benzene rings is 1. The van der Waals surface area contributed by atoms with Gasteiger partial charge in [0.15, 0.2) is 0 Å². The lowest BCUT2D eigenvalue weighted by molar-refractivity contribution is 0.117. The minimum atomic E-state index is 0. The van der Waals surface area contributed by atoms with Crippen LogP contribution in [0.3, 0.4) is 0 Å². The Morgan fingerprint density at radius 2 is 1.73 bits per heavy atom. The molecule has 0 amide bonds. The molecular weight excluding hydrogens is 186 g/mol. The third-order valence-electron chi connectivity index (χ3n) is 2.25. The minimum absolute atomic E-state index is 0. The van der Waals surface area contributed by atoms with Gasteiger partial charge in [-0.05, 0) is 12.0 Å². The molecule has 86 valence electrons. The van der Waals surface area contributed by atoms with E-state index in [-0.39, 0.29) is 6.15 Å². The summed E-state index contributed by atoms with van der Waals surface area (Å²) in [6.45, 7) is 3.88. The van der Waals surface area contributed by atoms with E-state index in [1.807, 2.05) is 6.07 Å². The summed E-state index contributed by atoms with van der Waals surface area (Å²) in [5.41, 5.74) is 1.27. The van der Waals surface area contributed by atoms with Gasteiger partial charge in [0.05, 0.1) is 6.61 Å². The summed E-state index contributed by atoms with van der Waals surface area (Å²) in [5.74, 6) is 0. The third kappa shape index (κ3) is 7.11. The molecule has 0 heterocycles. The summed E-state index contributed by atoms with van der Waals surface area (Å²) >= 11 is 0. The molecule has 0 saturated carbocycles. The van der Waals surface area contributed by atoms with Crippen molar-refractivity contribution in [2.24, 2.45) is 0 Å². The van der Waals surface area contributed by atoms with E-state index in [2.05, 4.69) is 31.2 Å². The molecule has 0 aliphatic heterocycles. The maximum atomic E-state index is 5.57. The first-order chi connectivity index (χ1) is 6.93. The van der Waals surface area contributed by atoms with Gasteiger partial charge in [0.25, 0.3) is 0 Å².